The number of hydrogen-bond donors (Lipinski definition) is 0. The average Bonchev–Trinajstić information content (AvgIpc) is 3.20. The monoisotopic (exact) mass is 419 g/mol. The maximum Gasteiger partial charge on any atom is 0.258 e. The Kier molecular flexibility index (Phi) is 5.18. The van der Waals surface area contributed by atoms with Crippen LogP contribution in [0.5, 0.6) is 0 Å². The molecule has 4 rings (SSSR count). The van der Waals surface area contributed by atoms with Gasteiger partial charge in [-0.25, -0.2) is 17.2 Å². The van der Waals surface area contributed by atoms with E-state index in [0.717, 1.165) is 23.3 Å². The Hall–Kier alpha value is -2.65. The minimum absolute atomic E-state index is 0.0343. The summed E-state index contributed by atoms with van der Waals surface area (Å²) in [5, 5.41) is 4.08. The Labute approximate surface area is 167 Å². The van der Waals surface area contributed by atoms with Crippen LogP contribution in [0.25, 0.3) is 11.5 Å². The Balaban J connectivity index is 1.47. The van der Waals surface area contributed by atoms with E-state index in [4.69, 9.17) is 4.52 Å². The van der Waals surface area contributed by atoms with E-state index in [0.29, 0.717) is 30.6 Å². The highest BCUT2D eigenvalue weighted by Crippen LogP contribution is 2.31. The summed E-state index contributed by atoms with van der Waals surface area (Å²) in [6.45, 7) is 2.43. The molecule has 6 nitrogen and oxygen atoms in total. The molecule has 0 saturated carbocycles. The van der Waals surface area contributed by atoms with E-state index in [9.17, 15) is 17.2 Å². The van der Waals surface area contributed by atoms with E-state index in [1.165, 1.54) is 4.31 Å². The van der Waals surface area contributed by atoms with Gasteiger partial charge in [-0.15, -0.1) is 0 Å². The first kappa shape index (κ1) is 19.7. The summed E-state index contributed by atoms with van der Waals surface area (Å²) in [5.41, 5.74) is 1.89. The Morgan fingerprint density at radius 1 is 1.07 bits per heavy atom. The first-order valence-corrected chi connectivity index (χ1v) is 10.6. The Morgan fingerprint density at radius 2 is 1.79 bits per heavy atom. The van der Waals surface area contributed by atoms with Crippen LogP contribution in [0.2, 0.25) is 0 Å². The molecule has 3 aromatic rings. The highest BCUT2D eigenvalue weighted by molar-refractivity contribution is 7.89. The van der Waals surface area contributed by atoms with E-state index in [-0.39, 0.29) is 23.9 Å². The standard InChI is InChI=1S/C20H19F2N3O3S/c1-13-4-2-3-5-16(13)20-23-19(24-28-20)14-8-10-25(11-9-14)29(26,27)15-6-7-17(21)18(22)12-15/h2-7,12,14H,8-11H2,1H3. The number of benzene rings is 2. The molecule has 1 aliphatic rings. The van der Waals surface area contributed by atoms with Crippen LogP contribution in [-0.4, -0.2) is 36.0 Å². The fourth-order valence-electron chi connectivity index (χ4n) is 3.46. The van der Waals surface area contributed by atoms with Gasteiger partial charge in [0.2, 0.25) is 10.0 Å². The smallest absolute Gasteiger partial charge is 0.258 e. The van der Waals surface area contributed by atoms with Crippen LogP contribution in [0.15, 0.2) is 51.9 Å². The van der Waals surface area contributed by atoms with E-state index in [1.54, 1.807) is 0 Å². The second kappa shape index (κ2) is 7.64. The van der Waals surface area contributed by atoms with Gasteiger partial charge >= 0.3 is 0 Å². The maximum absolute atomic E-state index is 13.4. The fraction of sp³-hybridized carbons (Fsp3) is 0.300. The summed E-state index contributed by atoms with van der Waals surface area (Å²) >= 11 is 0. The molecule has 0 aliphatic carbocycles. The summed E-state index contributed by atoms with van der Waals surface area (Å²) < 4.78 is 58.7. The van der Waals surface area contributed by atoms with E-state index < -0.39 is 21.7 Å². The normalized spacial score (nSPS) is 16.2. The van der Waals surface area contributed by atoms with Crippen LogP contribution >= 0.6 is 0 Å². The van der Waals surface area contributed by atoms with E-state index >= 15 is 0 Å². The molecule has 2 heterocycles. The lowest BCUT2D eigenvalue weighted by atomic mass is 9.97. The minimum atomic E-state index is -3.89. The molecule has 0 atom stereocenters. The zero-order valence-corrected chi connectivity index (χ0v) is 16.5. The van der Waals surface area contributed by atoms with Gasteiger partial charge in [0.25, 0.3) is 5.89 Å². The molecule has 9 heteroatoms. The maximum atomic E-state index is 13.4. The highest BCUT2D eigenvalue weighted by atomic mass is 32.2. The molecule has 0 bridgehead atoms. The second-order valence-electron chi connectivity index (χ2n) is 7.03. The first-order valence-electron chi connectivity index (χ1n) is 9.21. The zero-order valence-electron chi connectivity index (χ0n) is 15.7. The van der Waals surface area contributed by atoms with Crippen molar-refractivity contribution >= 4 is 10.0 Å². The van der Waals surface area contributed by atoms with Crippen molar-refractivity contribution in [1.29, 1.82) is 0 Å². The van der Waals surface area contributed by atoms with Crippen molar-refractivity contribution in [2.75, 3.05) is 13.1 Å². The zero-order chi connectivity index (χ0) is 20.6. The van der Waals surface area contributed by atoms with Gasteiger partial charge in [-0.1, -0.05) is 23.4 Å². The van der Waals surface area contributed by atoms with Crippen molar-refractivity contribution in [2.24, 2.45) is 0 Å². The number of nitrogens with zero attached hydrogens (tertiary/aromatic N) is 3. The number of sulfonamides is 1. The summed E-state index contributed by atoms with van der Waals surface area (Å²) in [4.78, 5) is 4.24. The molecule has 1 saturated heterocycles. The van der Waals surface area contributed by atoms with Gasteiger partial charge in [0.05, 0.1) is 4.90 Å². The third kappa shape index (κ3) is 3.79. The predicted octanol–water partition coefficient (Wildman–Crippen LogP) is 3.89. The molecule has 0 N–H and O–H groups in total. The van der Waals surface area contributed by atoms with Crippen LogP contribution < -0.4 is 0 Å². The lowest BCUT2D eigenvalue weighted by Crippen LogP contribution is -2.38. The van der Waals surface area contributed by atoms with E-state index in [2.05, 4.69) is 10.1 Å². The van der Waals surface area contributed by atoms with Crippen molar-refractivity contribution in [3.63, 3.8) is 0 Å². The number of piperidine rings is 1. The number of hydrogen-bond acceptors (Lipinski definition) is 5. The minimum Gasteiger partial charge on any atom is -0.334 e. The molecule has 152 valence electrons. The Bertz CT molecular complexity index is 1140. The molecule has 0 amide bonds. The first-order chi connectivity index (χ1) is 13.9. The summed E-state index contributed by atoms with van der Waals surface area (Å²) in [7, 11) is -3.89. The van der Waals surface area contributed by atoms with Crippen molar-refractivity contribution in [1.82, 2.24) is 14.4 Å². The van der Waals surface area contributed by atoms with Gasteiger partial charge in [-0.3, -0.25) is 0 Å². The van der Waals surface area contributed by atoms with Gasteiger partial charge in [0.1, 0.15) is 0 Å². The molecule has 1 aromatic heterocycles. The predicted molar refractivity (Wildman–Crippen MR) is 102 cm³/mol. The largest absolute Gasteiger partial charge is 0.334 e. The SMILES string of the molecule is Cc1ccccc1-c1nc(C2CCN(S(=O)(=O)c3ccc(F)c(F)c3)CC2)no1. The quantitative estimate of drug-likeness (QED) is 0.641. The molecule has 2 aromatic carbocycles. The van der Waals surface area contributed by atoms with Crippen LogP contribution in [0, 0.1) is 18.6 Å². The van der Waals surface area contributed by atoms with Crippen molar-refractivity contribution in [3.8, 4) is 11.5 Å². The lowest BCUT2D eigenvalue weighted by molar-refractivity contribution is 0.307. The van der Waals surface area contributed by atoms with Crippen LogP contribution in [-0.2, 0) is 10.0 Å². The number of rotatable bonds is 4. The second-order valence-corrected chi connectivity index (χ2v) is 8.96. The summed E-state index contributed by atoms with van der Waals surface area (Å²) in [6, 6.07) is 10.3. The average molecular weight is 419 g/mol. The summed E-state index contributed by atoms with van der Waals surface area (Å²) in [5.74, 6) is -1.31. The number of aryl methyl sites for hydroxylation is 1. The molecule has 1 fully saturated rings. The molecule has 1 aliphatic heterocycles. The van der Waals surface area contributed by atoms with Crippen molar-refractivity contribution < 1.29 is 21.7 Å². The molecule has 0 unspecified atom stereocenters. The van der Waals surface area contributed by atoms with Crippen LogP contribution in [0.1, 0.15) is 30.1 Å². The third-order valence-electron chi connectivity index (χ3n) is 5.17. The van der Waals surface area contributed by atoms with Gasteiger partial charge in [0, 0.05) is 24.6 Å². The fourth-order valence-corrected chi connectivity index (χ4v) is 4.95. The van der Waals surface area contributed by atoms with Crippen LogP contribution in [0.3, 0.4) is 0 Å². The van der Waals surface area contributed by atoms with E-state index in [1.807, 2.05) is 31.2 Å². The van der Waals surface area contributed by atoms with Crippen molar-refractivity contribution in [3.05, 3.63) is 65.5 Å². The topological polar surface area (TPSA) is 76.3 Å². The van der Waals surface area contributed by atoms with Crippen molar-refractivity contribution in [2.45, 2.75) is 30.6 Å². The molecule has 0 radical (unpaired) electrons. The lowest BCUT2D eigenvalue weighted by Gasteiger charge is -2.29. The van der Waals surface area contributed by atoms with Gasteiger partial charge < -0.3 is 4.52 Å². The number of halogens is 2. The molecule has 0 spiro atoms. The Morgan fingerprint density at radius 3 is 2.48 bits per heavy atom. The van der Waals surface area contributed by atoms with Gasteiger partial charge in [0.15, 0.2) is 17.5 Å². The molecular formula is C20H19F2N3O3S. The molecular weight excluding hydrogens is 400 g/mol. The third-order valence-corrected chi connectivity index (χ3v) is 7.06. The molecule has 29 heavy (non-hydrogen) atoms. The van der Waals surface area contributed by atoms with Gasteiger partial charge in [-0.05, 0) is 49.6 Å². The van der Waals surface area contributed by atoms with Gasteiger partial charge in [-0.2, -0.15) is 9.29 Å². The highest BCUT2D eigenvalue weighted by Gasteiger charge is 2.32. The van der Waals surface area contributed by atoms with Crippen LogP contribution in [0.4, 0.5) is 8.78 Å². The number of aromatic nitrogens is 2. The summed E-state index contributed by atoms with van der Waals surface area (Å²) in [6.07, 6.45) is 1.02.